The van der Waals surface area contributed by atoms with Crippen LogP contribution in [0.2, 0.25) is 0 Å². The van der Waals surface area contributed by atoms with Crippen LogP contribution in [-0.2, 0) is 0 Å². The monoisotopic (exact) mass is 348 g/mol. The third-order valence-electron chi connectivity index (χ3n) is 4.77. The fourth-order valence-electron chi connectivity index (χ4n) is 3.43. The van der Waals surface area contributed by atoms with Gasteiger partial charge in [-0.2, -0.15) is 0 Å². The van der Waals surface area contributed by atoms with Crippen LogP contribution in [-0.4, -0.2) is 25.2 Å². The van der Waals surface area contributed by atoms with Crippen molar-refractivity contribution in [3.8, 4) is 17.2 Å². The lowest BCUT2D eigenvalue weighted by molar-refractivity contribution is 0.399. The van der Waals surface area contributed by atoms with Gasteiger partial charge >= 0.3 is 0 Å². The van der Waals surface area contributed by atoms with Crippen LogP contribution in [0.25, 0.3) is 33.3 Å². The van der Waals surface area contributed by atoms with Gasteiger partial charge < -0.3 is 14.1 Å². The minimum Gasteiger partial charge on any atom is -0.490 e. The highest BCUT2D eigenvalue weighted by Gasteiger charge is 2.23. The highest BCUT2D eigenvalue weighted by atomic mass is 16.5. The van der Waals surface area contributed by atoms with Crippen molar-refractivity contribution in [1.29, 1.82) is 0 Å². The zero-order valence-corrected chi connectivity index (χ0v) is 15.1. The van der Waals surface area contributed by atoms with Gasteiger partial charge in [0.2, 0.25) is 11.2 Å². The van der Waals surface area contributed by atoms with Gasteiger partial charge in [-0.15, -0.1) is 0 Å². The van der Waals surface area contributed by atoms with Gasteiger partial charge in [0.05, 0.1) is 7.11 Å². The van der Waals surface area contributed by atoms with E-state index in [0.717, 1.165) is 29.7 Å². The first-order chi connectivity index (χ1) is 12.7. The van der Waals surface area contributed by atoms with Crippen LogP contribution in [0.15, 0.2) is 51.7 Å². The first kappa shape index (κ1) is 16.4. The number of nitrogens with zero attached hydrogens (tertiary/aromatic N) is 2. The molecular weight excluding hydrogens is 328 g/mol. The molecule has 0 aromatic heterocycles. The van der Waals surface area contributed by atoms with E-state index in [2.05, 4.69) is 18.7 Å². The Bertz CT molecular complexity index is 1130. The molecule has 0 radical (unpaired) electrons. The number of benzene rings is 3. The number of hydrogen-bond donors (Lipinski definition) is 0. The molecule has 2 aromatic carbocycles. The average Bonchev–Trinajstić information content (AvgIpc) is 2.68. The Morgan fingerprint density at radius 2 is 1.81 bits per heavy atom. The SMILES string of the molecule is CCN(CC)c1ccc2nc3c4ccccc4c(=O)c(OC)c-3oc2c1. The highest BCUT2D eigenvalue weighted by Crippen LogP contribution is 2.36. The van der Waals surface area contributed by atoms with E-state index >= 15 is 0 Å². The van der Waals surface area contributed by atoms with Gasteiger partial charge in [-0.05, 0) is 26.0 Å². The Kier molecular flexibility index (Phi) is 3.99. The first-order valence-corrected chi connectivity index (χ1v) is 8.76. The van der Waals surface area contributed by atoms with E-state index in [1.165, 1.54) is 7.11 Å². The molecule has 0 fully saturated rings. The second-order valence-electron chi connectivity index (χ2n) is 6.12. The van der Waals surface area contributed by atoms with Gasteiger partial charge in [-0.25, -0.2) is 4.98 Å². The maximum atomic E-state index is 12.8. The van der Waals surface area contributed by atoms with E-state index in [9.17, 15) is 4.79 Å². The molecule has 0 unspecified atom stereocenters. The lowest BCUT2D eigenvalue weighted by Crippen LogP contribution is -2.21. The average molecular weight is 348 g/mol. The number of rotatable bonds is 4. The van der Waals surface area contributed by atoms with Gasteiger partial charge in [-0.3, -0.25) is 4.79 Å². The van der Waals surface area contributed by atoms with Crippen LogP contribution in [0, 0.1) is 0 Å². The molecule has 0 atom stereocenters. The van der Waals surface area contributed by atoms with Gasteiger partial charge in [0, 0.05) is 35.6 Å². The maximum absolute atomic E-state index is 12.8. The second kappa shape index (κ2) is 6.33. The minimum absolute atomic E-state index is 0.180. The normalized spacial score (nSPS) is 11.3. The van der Waals surface area contributed by atoms with Gasteiger partial charge in [-0.1, -0.05) is 24.3 Å². The molecule has 0 amide bonds. The summed E-state index contributed by atoms with van der Waals surface area (Å²) in [7, 11) is 1.48. The van der Waals surface area contributed by atoms with Crippen molar-refractivity contribution >= 4 is 27.6 Å². The standard InChI is InChI=1S/C21H20N2O3/c1-4-23(5-2)13-10-11-16-17(12-13)26-20-18(22-16)14-8-6-7-9-15(14)19(24)21(20)25-3/h6-12H,4-5H2,1-3H3. The van der Waals surface area contributed by atoms with Crippen molar-refractivity contribution in [2.45, 2.75) is 13.8 Å². The first-order valence-electron chi connectivity index (χ1n) is 8.76. The Labute approximate surface area is 151 Å². The summed E-state index contributed by atoms with van der Waals surface area (Å²) in [4.78, 5) is 19.8. The molecule has 0 saturated heterocycles. The molecule has 4 rings (SSSR count). The summed E-state index contributed by atoms with van der Waals surface area (Å²) in [5.74, 6) is 0.585. The van der Waals surface area contributed by atoms with Gasteiger partial charge in [0.1, 0.15) is 11.2 Å². The molecule has 5 heteroatoms. The molecular formula is C21H20N2O3. The van der Waals surface area contributed by atoms with Crippen molar-refractivity contribution in [3.05, 3.63) is 52.7 Å². The number of fused-ring (bicyclic) bond motifs is 4. The number of aromatic nitrogens is 1. The molecule has 132 valence electrons. The van der Waals surface area contributed by atoms with Crippen LogP contribution in [0.1, 0.15) is 13.8 Å². The van der Waals surface area contributed by atoms with E-state index < -0.39 is 0 Å². The third kappa shape index (κ3) is 2.39. The van der Waals surface area contributed by atoms with Crippen molar-refractivity contribution < 1.29 is 9.15 Å². The van der Waals surface area contributed by atoms with Crippen molar-refractivity contribution in [1.82, 2.24) is 4.98 Å². The quantitative estimate of drug-likeness (QED) is 0.406. The summed E-state index contributed by atoms with van der Waals surface area (Å²) >= 11 is 0. The van der Waals surface area contributed by atoms with E-state index in [0.29, 0.717) is 22.4 Å². The summed E-state index contributed by atoms with van der Waals surface area (Å²) in [6.07, 6.45) is 0. The topological polar surface area (TPSA) is 55.6 Å². The van der Waals surface area contributed by atoms with Crippen molar-refractivity contribution in [2.24, 2.45) is 0 Å². The van der Waals surface area contributed by atoms with E-state index in [-0.39, 0.29) is 11.2 Å². The molecule has 2 aromatic rings. The Morgan fingerprint density at radius 1 is 1.08 bits per heavy atom. The largest absolute Gasteiger partial charge is 0.490 e. The molecule has 5 nitrogen and oxygen atoms in total. The molecule has 1 aliphatic carbocycles. The Morgan fingerprint density at radius 3 is 2.50 bits per heavy atom. The summed E-state index contributed by atoms with van der Waals surface area (Å²) in [5, 5.41) is 1.35. The summed E-state index contributed by atoms with van der Waals surface area (Å²) in [5.41, 5.74) is 2.91. The van der Waals surface area contributed by atoms with Crippen molar-refractivity contribution in [3.63, 3.8) is 0 Å². The fourth-order valence-corrected chi connectivity index (χ4v) is 3.43. The lowest BCUT2D eigenvalue weighted by Gasteiger charge is -2.21. The predicted octanol–water partition coefficient (Wildman–Crippen LogP) is 4.30. The molecule has 0 spiro atoms. The van der Waals surface area contributed by atoms with E-state index in [1.54, 1.807) is 6.07 Å². The smallest absolute Gasteiger partial charge is 0.232 e. The van der Waals surface area contributed by atoms with Crippen LogP contribution in [0.5, 0.6) is 5.75 Å². The summed E-state index contributed by atoms with van der Waals surface area (Å²) in [6.45, 7) is 6.04. The van der Waals surface area contributed by atoms with Gasteiger partial charge in [0.15, 0.2) is 11.3 Å². The molecule has 1 aliphatic heterocycles. The molecule has 1 heterocycles. The molecule has 26 heavy (non-hydrogen) atoms. The highest BCUT2D eigenvalue weighted by molar-refractivity contribution is 5.99. The molecule has 0 N–H and O–H groups in total. The minimum atomic E-state index is -0.180. The number of hydrogen-bond acceptors (Lipinski definition) is 5. The second-order valence-corrected chi connectivity index (χ2v) is 6.12. The predicted molar refractivity (Wildman–Crippen MR) is 105 cm³/mol. The summed E-state index contributed by atoms with van der Waals surface area (Å²) < 4.78 is 11.5. The maximum Gasteiger partial charge on any atom is 0.232 e. The van der Waals surface area contributed by atoms with Crippen LogP contribution in [0.4, 0.5) is 5.69 Å². The van der Waals surface area contributed by atoms with Gasteiger partial charge in [0.25, 0.3) is 0 Å². The Balaban J connectivity index is 2.09. The zero-order valence-electron chi connectivity index (χ0n) is 15.1. The number of methoxy groups -OCH3 is 1. The van der Waals surface area contributed by atoms with Crippen LogP contribution in [0.3, 0.4) is 0 Å². The third-order valence-corrected chi connectivity index (χ3v) is 4.77. The fraction of sp³-hybridized carbons (Fsp3) is 0.238. The zero-order chi connectivity index (χ0) is 18.3. The molecule has 0 saturated carbocycles. The van der Waals surface area contributed by atoms with E-state index in [1.807, 2.05) is 36.4 Å². The summed E-state index contributed by atoms with van der Waals surface area (Å²) in [6, 6.07) is 13.4. The number of anilines is 1. The lowest BCUT2D eigenvalue weighted by atomic mass is 10.0. The molecule has 0 bridgehead atoms. The van der Waals surface area contributed by atoms with Crippen LogP contribution < -0.4 is 15.1 Å². The van der Waals surface area contributed by atoms with E-state index in [4.69, 9.17) is 14.1 Å². The molecule has 2 aliphatic rings. The van der Waals surface area contributed by atoms with Crippen molar-refractivity contribution in [2.75, 3.05) is 25.1 Å². The number of ether oxygens (including phenoxy) is 1. The van der Waals surface area contributed by atoms with Crippen LogP contribution >= 0.6 is 0 Å². The Hall–Kier alpha value is -3.08.